The Kier molecular flexibility index (Phi) is 4.76. The number of halogens is 1. The molecule has 1 aliphatic carbocycles. The van der Waals surface area contributed by atoms with Gasteiger partial charge in [-0.15, -0.1) is 10.2 Å². The van der Waals surface area contributed by atoms with Gasteiger partial charge in [0.05, 0.1) is 12.1 Å². The average Bonchev–Trinajstić information content (AvgIpc) is 2.84. The Bertz CT molecular complexity index is 751. The van der Waals surface area contributed by atoms with Crippen molar-refractivity contribution in [3.05, 3.63) is 40.4 Å². The number of nitrogens with zero attached hydrogens (tertiary/aromatic N) is 4. The number of hydrogen-bond acceptors (Lipinski definition) is 4. The van der Waals surface area contributed by atoms with E-state index in [1.54, 1.807) is 37.2 Å². The second-order valence-corrected chi connectivity index (χ2v) is 6.84. The molecule has 0 radical (unpaired) electrons. The van der Waals surface area contributed by atoms with Crippen LogP contribution in [0.4, 0.5) is 5.69 Å². The highest BCUT2D eigenvalue weighted by atomic mass is 35.5. The Balaban J connectivity index is 1.78. The third-order valence-corrected chi connectivity index (χ3v) is 4.76. The van der Waals surface area contributed by atoms with Gasteiger partial charge in [-0.3, -0.25) is 4.79 Å². The molecule has 1 heterocycles. The van der Waals surface area contributed by atoms with Crippen molar-refractivity contribution in [2.24, 2.45) is 7.05 Å². The van der Waals surface area contributed by atoms with Crippen molar-refractivity contribution in [1.29, 1.82) is 0 Å². The molecule has 1 aromatic carbocycles. The van der Waals surface area contributed by atoms with Crippen LogP contribution in [0.3, 0.4) is 0 Å². The normalized spacial score (nSPS) is 14.3. The summed E-state index contributed by atoms with van der Waals surface area (Å²) in [7, 11) is 5.46. The van der Waals surface area contributed by atoms with Gasteiger partial charge >= 0.3 is 0 Å². The van der Waals surface area contributed by atoms with E-state index in [1.807, 2.05) is 7.05 Å². The van der Waals surface area contributed by atoms with E-state index >= 15 is 0 Å². The van der Waals surface area contributed by atoms with Crippen LogP contribution in [0.1, 0.15) is 47.2 Å². The first kappa shape index (κ1) is 16.8. The van der Waals surface area contributed by atoms with Gasteiger partial charge in [-0.1, -0.05) is 18.0 Å². The molecular formula is C17H22ClN5O. The van der Waals surface area contributed by atoms with Crippen LogP contribution in [0.2, 0.25) is 5.02 Å². The number of amides is 1. The second-order valence-electron chi connectivity index (χ2n) is 6.40. The van der Waals surface area contributed by atoms with Crippen molar-refractivity contribution in [3.8, 4) is 0 Å². The number of carbonyl (C=O) groups excluding carboxylic acids is 1. The minimum atomic E-state index is -0.0673. The Labute approximate surface area is 146 Å². The third kappa shape index (κ3) is 3.24. The van der Waals surface area contributed by atoms with E-state index in [1.165, 1.54) is 19.3 Å². The summed E-state index contributed by atoms with van der Waals surface area (Å²) in [6, 6.07) is 5.23. The zero-order valence-corrected chi connectivity index (χ0v) is 15.0. The van der Waals surface area contributed by atoms with Crippen LogP contribution in [0.5, 0.6) is 0 Å². The highest BCUT2D eigenvalue weighted by Crippen LogP contribution is 2.35. The molecule has 7 heteroatoms. The summed E-state index contributed by atoms with van der Waals surface area (Å²) in [6.07, 6.45) is 3.65. The average molecular weight is 348 g/mol. The summed E-state index contributed by atoms with van der Waals surface area (Å²) < 4.78 is 2.05. The van der Waals surface area contributed by atoms with Crippen molar-refractivity contribution in [1.82, 2.24) is 19.7 Å². The van der Waals surface area contributed by atoms with Crippen LogP contribution in [0.25, 0.3) is 0 Å². The molecule has 1 N–H and O–H groups in total. The van der Waals surface area contributed by atoms with Gasteiger partial charge in [0.25, 0.3) is 5.91 Å². The molecule has 0 atom stereocenters. The molecule has 6 nitrogen and oxygen atoms in total. The van der Waals surface area contributed by atoms with Crippen LogP contribution in [0.15, 0.2) is 18.2 Å². The van der Waals surface area contributed by atoms with E-state index < -0.39 is 0 Å². The molecule has 3 rings (SSSR count). The van der Waals surface area contributed by atoms with Gasteiger partial charge in [0.2, 0.25) is 0 Å². The topological polar surface area (TPSA) is 63.1 Å². The Hall–Kier alpha value is -2.08. The van der Waals surface area contributed by atoms with Crippen LogP contribution < -0.4 is 5.32 Å². The zero-order valence-electron chi connectivity index (χ0n) is 14.2. The number of aromatic nitrogens is 3. The molecule has 0 bridgehead atoms. The molecule has 0 saturated heterocycles. The minimum Gasteiger partial charge on any atom is -0.377 e. The van der Waals surface area contributed by atoms with E-state index in [2.05, 4.69) is 20.1 Å². The molecule has 0 aliphatic heterocycles. The lowest BCUT2D eigenvalue weighted by atomic mass is 9.85. The molecule has 2 aromatic rings. The van der Waals surface area contributed by atoms with Crippen LogP contribution >= 0.6 is 11.6 Å². The van der Waals surface area contributed by atoms with Crippen LogP contribution in [-0.4, -0.2) is 39.7 Å². The number of rotatable bonds is 5. The fraction of sp³-hybridized carbons (Fsp3) is 0.471. The summed E-state index contributed by atoms with van der Waals surface area (Å²) in [5.41, 5.74) is 1.29. The van der Waals surface area contributed by atoms with Gasteiger partial charge in [0.1, 0.15) is 5.82 Å². The molecule has 24 heavy (non-hydrogen) atoms. The molecule has 1 aromatic heterocycles. The molecule has 0 unspecified atom stereocenters. The predicted octanol–water partition coefficient (Wildman–Crippen LogP) is 3.05. The summed E-state index contributed by atoms with van der Waals surface area (Å²) in [6.45, 7) is 0.490. The first-order valence-electron chi connectivity index (χ1n) is 8.10. The van der Waals surface area contributed by atoms with Gasteiger partial charge in [0, 0.05) is 37.8 Å². The lowest BCUT2D eigenvalue weighted by molar-refractivity contribution is 0.0828. The van der Waals surface area contributed by atoms with Crippen molar-refractivity contribution >= 4 is 23.2 Å². The highest BCUT2D eigenvalue weighted by Gasteiger charge is 2.25. The van der Waals surface area contributed by atoms with Crippen molar-refractivity contribution in [2.75, 3.05) is 19.4 Å². The molecule has 128 valence electrons. The van der Waals surface area contributed by atoms with Crippen molar-refractivity contribution in [3.63, 3.8) is 0 Å². The standard InChI is InChI=1S/C17H22ClN5O/c1-22(2)17(24)13-8-7-12(18)9-14(13)19-10-15-20-21-16(23(15)3)11-5-4-6-11/h7-9,11,19H,4-6,10H2,1-3H3. The van der Waals surface area contributed by atoms with E-state index in [9.17, 15) is 4.79 Å². The summed E-state index contributed by atoms with van der Waals surface area (Å²) >= 11 is 6.09. The maximum Gasteiger partial charge on any atom is 0.255 e. The Morgan fingerprint density at radius 3 is 2.75 bits per heavy atom. The SMILES string of the molecule is CN(C)C(=O)c1ccc(Cl)cc1NCc1nnc(C2CCC2)n1C. The number of carbonyl (C=O) groups is 1. The quantitative estimate of drug-likeness (QED) is 0.903. The van der Waals surface area contributed by atoms with E-state index in [0.29, 0.717) is 28.7 Å². The van der Waals surface area contributed by atoms with Gasteiger partial charge < -0.3 is 14.8 Å². The zero-order chi connectivity index (χ0) is 17.3. The van der Waals surface area contributed by atoms with Crippen molar-refractivity contribution < 1.29 is 4.79 Å². The minimum absolute atomic E-state index is 0.0673. The summed E-state index contributed by atoms with van der Waals surface area (Å²) in [4.78, 5) is 13.9. The second kappa shape index (κ2) is 6.81. The number of benzene rings is 1. The molecule has 1 amide bonds. The van der Waals surface area contributed by atoms with Gasteiger partial charge in [-0.05, 0) is 31.0 Å². The largest absolute Gasteiger partial charge is 0.377 e. The summed E-state index contributed by atoms with van der Waals surface area (Å²) in [5, 5.41) is 12.5. The Morgan fingerprint density at radius 1 is 1.38 bits per heavy atom. The number of anilines is 1. The molecule has 1 fully saturated rings. The van der Waals surface area contributed by atoms with Gasteiger partial charge in [-0.25, -0.2) is 0 Å². The first-order valence-corrected chi connectivity index (χ1v) is 8.48. The van der Waals surface area contributed by atoms with Gasteiger partial charge in [0.15, 0.2) is 5.82 Å². The van der Waals surface area contributed by atoms with E-state index in [-0.39, 0.29) is 5.91 Å². The molecular weight excluding hydrogens is 326 g/mol. The lowest BCUT2D eigenvalue weighted by Gasteiger charge is -2.24. The van der Waals surface area contributed by atoms with Crippen molar-refractivity contribution in [2.45, 2.75) is 31.7 Å². The van der Waals surface area contributed by atoms with Crippen LogP contribution in [-0.2, 0) is 13.6 Å². The maximum atomic E-state index is 12.3. The lowest BCUT2D eigenvalue weighted by Crippen LogP contribution is -2.23. The fourth-order valence-corrected chi connectivity index (χ4v) is 2.99. The maximum absolute atomic E-state index is 12.3. The summed E-state index contributed by atoms with van der Waals surface area (Å²) in [5.74, 6) is 2.37. The number of nitrogens with one attached hydrogen (secondary N) is 1. The van der Waals surface area contributed by atoms with E-state index in [4.69, 9.17) is 11.6 Å². The molecule has 1 saturated carbocycles. The van der Waals surface area contributed by atoms with Gasteiger partial charge in [-0.2, -0.15) is 0 Å². The van der Waals surface area contributed by atoms with E-state index in [0.717, 1.165) is 11.6 Å². The van der Waals surface area contributed by atoms with Crippen LogP contribution in [0, 0.1) is 0 Å². The predicted molar refractivity (Wildman–Crippen MR) is 94.4 cm³/mol. The monoisotopic (exact) mass is 347 g/mol. The number of hydrogen-bond donors (Lipinski definition) is 1. The first-order chi connectivity index (χ1) is 11.5. The molecule has 0 spiro atoms. The molecule has 1 aliphatic rings. The Morgan fingerprint density at radius 2 is 2.12 bits per heavy atom. The third-order valence-electron chi connectivity index (χ3n) is 4.52. The highest BCUT2D eigenvalue weighted by molar-refractivity contribution is 6.31. The fourth-order valence-electron chi connectivity index (χ4n) is 2.82. The smallest absolute Gasteiger partial charge is 0.255 e.